The Balaban J connectivity index is 2.08. The van der Waals surface area contributed by atoms with Gasteiger partial charge in [0.15, 0.2) is 15.6 Å². The van der Waals surface area contributed by atoms with E-state index >= 15 is 0 Å². The summed E-state index contributed by atoms with van der Waals surface area (Å²) in [6.07, 6.45) is 0.136. The summed E-state index contributed by atoms with van der Waals surface area (Å²) in [6, 6.07) is 15.4. The van der Waals surface area contributed by atoms with Gasteiger partial charge < -0.3 is 0 Å². The maximum absolute atomic E-state index is 12.1. The molecule has 0 spiro atoms. The normalized spacial score (nSPS) is 11.2. The molecule has 3 nitrogen and oxygen atoms in total. The lowest BCUT2D eigenvalue weighted by atomic mass is 10.1. The van der Waals surface area contributed by atoms with Crippen LogP contribution in [0.25, 0.3) is 0 Å². The quantitative estimate of drug-likeness (QED) is 0.830. The Kier molecular flexibility index (Phi) is 4.73. The van der Waals surface area contributed by atoms with Crippen molar-refractivity contribution in [3.63, 3.8) is 0 Å². The third kappa shape index (κ3) is 4.02. The van der Waals surface area contributed by atoms with Gasteiger partial charge in [-0.3, -0.25) is 4.79 Å². The second-order valence-corrected chi connectivity index (χ2v) is 7.32. The predicted octanol–water partition coefficient (Wildman–Crippen LogP) is 3.03. The number of carbonyl (C=O) groups excluding carboxylic acids is 1. The van der Waals surface area contributed by atoms with Crippen molar-refractivity contribution in [3.05, 3.63) is 64.6 Å². The van der Waals surface area contributed by atoms with Crippen LogP contribution in [0.2, 0.25) is 0 Å². The number of sulfone groups is 1. The Morgan fingerprint density at radius 1 is 0.950 bits per heavy atom. The smallest absolute Gasteiger partial charge is 0.185 e. The molecule has 0 amide bonds. The third-order valence-corrected chi connectivity index (χ3v) is 4.99. The van der Waals surface area contributed by atoms with Crippen LogP contribution in [0.5, 0.6) is 0 Å². The molecule has 0 heterocycles. The van der Waals surface area contributed by atoms with E-state index < -0.39 is 15.6 Å². The molecule has 5 heteroatoms. The van der Waals surface area contributed by atoms with E-state index in [4.69, 9.17) is 0 Å². The van der Waals surface area contributed by atoms with Crippen LogP contribution in [0.4, 0.5) is 0 Å². The van der Waals surface area contributed by atoms with Crippen molar-refractivity contribution in [1.29, 1.82) is 0 Å². The van der Waals surface area contributed by atoms with Crippen molar-refractivity contribution in [2.75, 3.05) is 5.75 Å². The topological polar surface area (TPSA) is 51.2 Å². The molecule has 2 aromatic rings. The fraction of sp³-hybridized carbons (Fsp3) is 0.133. The Bertz CT molecular complexity index is 692. The van der Waals surface area contributed by atoms with Gasteiger partial charge in [0.2, 0.25) is 0 Å². The fourth-order valence-corrected chi connectivity index (χ4v) is 3.32. The molecular weight excluding hydrogens is 340 g/mol. The van der Waals surface area contributed by atoms with E-state index in [1.165, 1.54) is 12.1 Å². The van der Waals surface area contributed by atoms with Crippen molar-refractivity contribution in [2.24, 2.45) is 0 Å². The Labute approximate surface area is 126 Å². The van der Waals surface area contributed by atoms with Crippen LogP contribution in [0.15, 0.2) is 64.0 Å². The molecule has 20 heavy (non-hydrogen) atoms. The highest BCUT2D eigenvalue weighted by atomic mass is 79.9. The summed E-state index contributed by atoms with van der Waals surface area (Å²) in [5, 5.41) is 0. The van der Waals surface area contributed by atoms with Crippen molar-refractivity contribution >= 4 is 31.6 Å². The summed E-state index contributed by atoms with van der Waals surface area (Å²) in [7, 11) is -3.57. The fourth-order valence-electron chi connectivity index (χ4n) is 1.81. The summed E-state index contributed by atoms with van der Waals surface area (Å²) in [5.41, 5.74) is 0.823. The molecule has 2 rings (SSSR count). The molecule has 0 bridgehead atoms. The maximum atomic E-state index is 12.1. The van der Waals surface area contributed by atoms with Gasteiger partial charge in [0.1, 0.15) is 5.75 Å². The van der Waals surface area contributed by atoms with Gasteiger partial charge in [-0.15, -0.1) is 0 Å². The highest BCUT2D eigenvalue weighted by molar-refractivity contribution is 9.10. The van der Waals surface area contributed by atoms with Crippen LogP contribution in [-0.2, 0) is 21.1 Å². The lowest BCUT2D eigenvalue weighted by Crippen LogP contribution is -2.18. The molecule has 0 N–H and O–H groups in total. The third-order valence-electron chi connectivity index (χ3n) is 2.77. The average molecular weight is 353 g/mol. The SMILES string of the molecule is O=C(Cc1ccccc1)CS(=O)(=O)c1ccc(Br)cc1. The van der Waals surface area contributed by atoms with E-state index in [1.807, 2.05) is 30.3 Å². The predicted molar refractivity (Wildman–Crippen MR) is 81.3 cm³/mol. The molecule has 0 saturated carbocycles. The first-order valence-corrected chi connectivity index (χ1v) is 8.46. The monoisotopic (exact) mass is 352 g/mol. The molecule has 0 aromatic heterocycles. The summed E-state index contributed by atoms with van der Waals surface area (Å²) in [6.45, 7) is 0. The number of carbonyl (C=O) groups is 1. The molecule has 0 aliphatic carbocycles. The molecule has 0 fully saturated rings. The average Bonchev–Trinajstić information content (AvgIpc) is 2.39. The highest BCUT2D eigenvalue weighted by Gasteiger charge is 2.19. The van der Waals surface area contributed by atoms with Crippen molar-refractivity contribution < 1.29 is 13.2 Å². The standard InChI is InChI=1S/C15H13BrO3S/c16-13-6-8-15(9-7-13)20(18,19)11-14(17)10-12-4-2-1-3-5-12/h1-9H,10-11H2. The highest BCUT2D eigenvalue weighted by Crippen LogP contribution is 2.16. The Hall–Kier alpha value is -1.46. The number of benzene rings is 2. The van der Waals surface area contributed by atoms with Gasteiger partial charge in [0.25, 0.3) is 0 Å². The van der Waals surface area contributed by atoms with Gasteiger partial charge in [-0.05, 0) is 29.8 Å². The first-order chi connectivity index (χ1) is 9.47. The van der Waals surface area contributed by atoms with E-state index in [0.29, 0.717) is 0 Å². The molecule has 0 atom stereocenters. The van der Waals surface area contributed by atoms with Gasteiger partial charge in [-0.25, -0.2) is 8.42 Å². The van der Waals surface area contributed by atoms with Gasteiger partial charge in [-0.2, -0.15) is 0 Å². The number of rotatable bonds is 5. The van der Waals surface area contributed by atoms with Crippen LogP contribution in [0.1, 0.15) is 5.56 Å². The zero-order valence-electron chi connectivity index (χ0n) is 10.6. The summed E-state index contributed by atoms with van der Waals surface area (Å²) in [4.78, 5) is 12.0. The number of halogens is 1. The number of hydrogen-bond donors (Lipinski definition) is 0. The van der Waals surface area contributed by atoms with Crippen LogP contribution in [0.3, 0.4) is 0 Å². The van der Waals surface area contributed by atoms with E-state index in [0.717, 1.165) is 10.0 Å². The zero-order chi connectivity index (χ0) is 14.6. The number of ketones is 1. The molecule has 0 aliphatic rings. The van der Waals surface area contributed by atoms with Crippen LogP contribution >= 0.6 is 15.9 Å². The first-order valence-electron chi connectivity index (χ1n) is 6.01. The van der Waals surface area contributed by atoms with Crippen LogP contribution < -0.4 is 0 Å². The lowest BCUT2D eigenvalue weighted by Gasteiger charge is -2.04. The van der Waals surface area contributed by atoms with Gasteiger partial charge in [0, 0.05) is 10.9 Å². The molecule has 0 radical (unpaired) electrons. The second kappa shape index (κ2) is 6.33. The molecule has 0 saturated heterocycles. The first kappa shape index (κ1) is 14.9. The molecule has 0 aliphatic heterocycles. The molecule has 2 aromatic carbocycles. The Morgan fingerprint density at radius 2 is 1.55 bits per heavy atom. The minimum atomic E-state index is -3.57. The minimum absolute atomic E-state index is 0.136. The number of hydrogen-bond acceptors (Lipinski definition) is 3. The zero-order valence-corrected chi connectivity index (χ0v) is 13.0. The minimum Gasteiger partial charge on any atom is -0.298 e. The summed E-state index contributed by atoms with van der Waals surface area (Å²) < 4.78 is 25.0. The largest absolute Gasteiger partial charge is 0.298 e. The molecule has 0 unspecified atom stereocenters. The van der Waals surface area contributed by atoms with E-state index in [9.17, 15) is 13.2 Å². The molecule has 104 valence electrons. The van der Waals surface area contributed by atoms with Gasteiger partial charge >= 0.3 is 0 Å². The lowest BCUT2D eigenvalue weighted by molar-refractivity contribution is -0.116. The van der Waals surface area contributed by atoms with Gasteiger partial charge in [0.05, 0.1) is 4.90 Å². The van der Waals surface area contributed by atoms with Crippen LogP contribution in [0, 0.1) is 0 Å². The van der Waals surface area contributed by atoms with Gasteiger partial charge in [-0.1, -0.05) is 46.3 Å². The summed E-state index contributed by atoms with van der Waals surface area (Å²) >= 11 is 3.25. The van der Waals surface area contributed by atoms with Crippen molar-refractivity contribution in [1.82, 2.24) is 0 Å². The van der Waals surface area contributed by atoms with Crippen molar-refractivity contribution in [3.8, 4) is 0 Å². The Morgan fingerprint density at radius 3 is 2.15 bits per heavy atom. The van der Waals surface area contributed by atoms with E-state index in [1.54, 1.807) is 12.1 Å². The summed E-state index contributed by atoms with van der Waals surface area (Å²) in [5.74, 6) is -0.775. The van der Waals surface area contributed by atoms with E-state index in [2.05, 4.69) is 15.9 Å². The van der Waals surface area contributed by atoms with Crippen LogP contribution in [-0.4, -0.2) is 20.0 Å². The second-order valence-electron chi connectivity index (χ2n) is 4.41. The van der Waals surface area contributed by atoms with Crippen molar-refractivity contribution in [2.45, 2.75) is 11.3 Å². The molecular formula is C15H13BrO3S. The maximum Gasteiger partial charge on any atom is 0.185 e. The number of Topliss-reactive ketones (excluding diaryl/α,β-unsaturated/α-hetero) is 1. The van der Waals surface area contributed by atoms with E-state index in [-0.39, 0.29) is 17.1 Å².